The Morgan fingerprint density at radius 3 is 3.00 bits per heavy atom. The third-order valence-electron chi connectivity index (χ3n) is 3.30. The highest BCUT2D eigenvalue weighted by Gasteiger charge is 2.52. The fraction of sp³-hybridized carbons (Fsp3) is 0.667. The van der Waals surface area contributed by atoms with Crippen LogP contribution in [0.25, 0.3) is 0 Å². The van der Waals surface area contributed by atoms with Gasteiger partial charge in [-0.3, -0.25) is 4.79 Å². The number of rotatable bonds is 0. The first-order valence-electron chi connectivity index (χ1n) is 4.36. The second-order valence-electron chi connectivity index (χ2n) is 3.89. The molecule has 1 amide bonds. The SMILES string of the molecule is CS1=NC(=O)[C@@H]2[C@H]1[C@@H]1C=C[C@H]2C1. The molecule has 0 aromatic heterocycles. The van der Waals surface area contributed by atoms with E-state index in [-0.39, 0.29) is 22.5 Å². The smallest absolute Gasteiger partial charge is 0.256 e. The first-order chi connectivity index (χ1) is 5.77. The monoisotopic (exact) mass is 181 g/mol. The summed E-state index contributed by atoms with van der Waals surface area (Å²) in [5.74, 6) is 1.66. The topological polar surface area (TPSA) is 29.4 Å². The highest BCUT2D eigenvalue weighted by molar-refractivity contribution is 7.88. The third-order valence-corrected chi connectivity index (χ3v) is 5.20. The van der Waals surface area contributed by atoms with Crippen molar-refractivity contribution in [3.8, 4) is 0 Å². The quantitative estimate of drug-likeness (QED) is 0.515. The molecule has 3 heteroatoms. The Kier molecular flexibility index (Phi) is 1.21. The summed E-state index contributed by atoms with van der Waals surface area (Å²) in [6.45, 7) is 0. The number of hydrogen-bond donors (Lipinski definition) is 0. The maximum Gasteiger partial charge on any atom is 0.256 e. The second kappa shape index (κ2) is 2.08. The Morgan fingerprint density at radius 1 is 1.50 bits per heavy atom. The number of amides is 1. The van der Waals surface area contributed by atoms with E-state index in [0.29, 0.717) is 17.1 Å². The fourth-order valence-corrected chi connectivity index (χ4v) is 4.81. The summed E-state index contributed by atoms with van der Waals surface area (Å²) in [6.07, 6.45) is 7.84. The van der Waals surface area contributed by atoms with Gasteiger partial charge in [0.2, 0.25) is 0 Å². The molecule has 12 heavy (non-hydrogen) atoms. The normalized spacial score (nSPS) is 54.4. The minimum atomic E-state index is 0.0163. The molecule has 0 radical (unpaired) electrons. The highest BCUT2D eigenvalue weighted by atomic mass is 32.2. The van der Waals surface area contributed by atoms with Crippen molar-refractivity contribution in [2.45, 2.75) is 11.7 Å². The number of hydrogen-bond acceptors (Lipinski definition) is 1. The van der Waals surface area contributed by atoms with E-state index in [9.17, 15) is 4.79 Å². The Balaban J connectivity index is 2.09. The van der Waals surface area contributed by atoms with Crippen LogP contribution in [-0.2, 0) is 15.5 Å². The molecule has 1 saturated carbocycles. The lowest BCUT2D eigenvalue weighted by Crippen LogP contribution is -2.27. The Bertz CT molecular complexity index is 320. The average molecular weight is 181 g/mol. The average Bonchev–Trinajstić information content (AvgIpc) is 2.64. The molecule has 2 nitrogen and oxygen atoms in total. The van der Waals surface area contributed by atoms with Crippen LogP contribution in [0.5, 0.6) is 0 Å². The van der Waals surface area contributed by atoms with Gasteiger partial charge in [-0.2, -0.15) is 4.36 Å². The van der Waals surface area contributed by atoms with E-state index in [1.807, 2.05) is 0 Å². The van der Waals surface area contributed by atoms with Gasteiger partial charge in [-0.25, -0.2) is 0 Å². The zero-order valence-electron chi connectivity index (χ0n) is 6.93. The van der Waals surface area contributed by atoms with Gasteiger partial charge in [0.15, 0.2) is 0 Å². The Morgan fingerprint density at radius 2 is 2.25 bits per heavy atom. The van der Waals surface area contributed by atoms with Crippen molar-refractivity contribution in [3.63, 3.8) is 0 Å². The molecule has 2 aliphatic carbocycles. The molecule has 3 rings (SSSR count). The summed E-state index contributed by atoms with van der Waals surface area (Å²) in [6, 6.07) is 0. The summed E-state index contributed by atoms with van der Waals surface area (Å²) in [4.78, 5) is 11.5. The summed E-state index contributed by atoms with van der Waals surface area (Å²) < 4.78 is 4.16. The van der Waals surface area contributed by atoms with Gasteiger partial charge in [-0.05, 0) is 24.5 Å². The molecule has 0 saturated heterocycles. The van der Waals surface area contributed by atoms with E-state index in [2.05, 4.69) is 22.8 Å². The van der Waals surface area contributed by atoms with E-state index in [1.54, 1.807) is 0 Å². The van der Waals surface area contributed by atoms with Crippen LogP contribution in [0.1, 0.15) is 6.42 Å². The van der Waals surface area contributed by atoms with Gasteiger partial charge >= 0.3 is 0 Å². The molecule has 0 N–H and O–H groups in total. The van der Waals surface area contributed by atoms with Crippen LogP contribution in [0.2, 0.25) is 0 Å². The lowest BCUT2D eigenvalue weighted by Gasteiger charge is -2.18. The maximum atomic E-state index is 11.5. The zero-order chi connectivity index (χ0) is 8.29. The maximum absolute atomic E-state index is 11.5. The molecule has 2 bridgehead atoms. The lowest BCUT2D eigenvalue weighted by molar-refractivity contribution is -0.121. The molecule has 1 heterocycles. The molecular formula is C9H11NOS. The van der Waals surface area contributed by atoms with Crippen LogP contribution < -0.4 is 0 Å². The molecule has 0 spiro atoms. The summed E-state index contributed by atoms with van der Waals surface area (Å²) in [5.41, 5.74) is 0. The molecule has 1 fully saturated rings. The highest BCUT2D eigenvalue weighted by Crippen LogP contribution is 2.49. The molecule has 5 atom stereocenters. The third kappa shape index (κ3) is 0.661. The van der Waals surface area contributed by atoms with Crippen molar-refractivity contribution in [1.29, 1.82) is 0 Å². The van der Waals surface area contributed by atoms with Gasteiger partial charge in [0, 0.05) is 5.25 Å². The van der Waals surface area contributed by atoms with E-state index >= 15 is 0 Å². The minimum absolute atomic E-state index is 0.0163. The van der Waals surface area contributed by atoms with Gasteiger partial charge in [0.1, 0.15) is 0 Å². The van der Waals surface area contributed by atoms with E-state index < -0.39 is 0 Å². The number of carbonyl (C=O) groups excluding carboxylic acids is 1. The summed E-state index contributed by atoms with van der Waals surface area (Å²) in [7, 11) is 0.0163. The Hall–Kier alpha value is -0.440. The van der Waals surface area contributed by atoms with E-state index in [4.69, 9.17) is 0 Å². The van der Waals surface area contributed by atoms with Crippen molar-refractivity contribution in [1.82, 2.24) is 0 Å². The minimum Gasteiger partial charge on any atom is -0.272 e. The van der Waals surface area contributed by atoms with Gasteiger partial charge in [-0.15, -0.1) is 0 Å². The van der Waals surface area contributed by atoms with Gasteiger partial charge in [0.05, 0.1) is 5.92 Å². The van der Waals surface area contributed by atoms with E-state index in [1.165, 1.54) is 6.42 Å². The molecule has 64 valence electrons. The molecule has 0 aromatic carbocycles. The van der Waals surface area contributed by atoms with Crippen LogP contribution in [0, 0.1) is 17.8 Å². The van der Waals surface area contributed by atoms with Crippen molar-refractivity contribution < 1.29 is 4.79 Å². The van der Waals surface area contributed by atoms with Crippen LogP contribution >= 0.6 is 0 Å². The fourth-order valence-electron chi connectivity index (χ4n) is 2.83. The second-order valence-corrected chi connectivity index (χ2v) is 5.67. The predicted molar refractivity (Wildman–Crippen MR) is 48.7 cm³/mol. The molecule has 0 aromatic rings. The molecule has 3 aliphatic rings. The van der Waals surface area contributed by atoms with E-state index in [0.717, 1.165) is 0 Å². The van der Waals surface area contributed by atoms with Gasteiger partial charge < -0.3 is 0 Å². The molecule has 1 aliphatic heterocycles. The number of nitrogens with zero attached hydrogens (tertiary/aromatic N) is 1. The van der Waals surface area contributed by atoms with Crippen molar-refractivity contribution >= 4 is 16.6 Å². The van der Waals surface area contributed by atoms with Crippen LogP contribution in [-0.4, -0.2) is 17.4 Å². The first-order valence-corrected chi connectivity index (χ1v) is 6.01. The van der Waals surface area contributed by atoms with Gasteiger partial charge in [0.25, 0.3) is 5.91 Å². The standard InChI is InChI=1S/C9H11NOS/c1-12-8-6-3-2-5(4-6)7(8)9(11)10-12/h2-3,5-8H,4H2,1H3/t5-,6+,7-,8+,12?/m0/s1. The summed E-state index contributed by atoms with van der Waals surface area (Å²) >= 11 is 0. The van der Waals surface area contributed by atoms with Crippen LogP contribution in [0.4, 0.5) is 0 Å². The first kappa shape index (κ1) is 7.01. The van der Waals surface area contributed by atoms with Crippen LogP contribution in [0.15, 0.2) is 16.5 Å². The number of allylic oxidation sites excluding steroid dienone is 2. The lowest BCUT2D eigenvalue weighted by atomic mass is 9.93. The largest absolute Gasteiger partial charge is 0.272 e. The Labute approximate surface area is 74.1 Å². The number of fused-ring (bicyclic) bond motifs is 5. The van der Waals surface area contributed by atoms with Crippen LogP contribution in [0.3, 0.4) is 0 Å². The van der Waals surface area contributed by atoms with Gasteiger partial charge in [-0.1, -0.05) is 22.8 Å². The zero-order valence-corrected chi connectivity index (χ0v) is 7.75. The van der Waals surface area contributed by atoms with Crippen molar-refractivity contribution in [3.05, 3.63) is 12.2 Å². The predicted octanol–water partition coefficient (Wildman–Crippen LogP) is 1.15. The summed E-state index contributed by atoms with van der Waals surface area (Å²) in [5, 5.41) is 0.576. The number of carbonyl (C=O) groups is 1. The molecular weight excluding hydrogens is 170 g/mol. The van der Waals surface area contributed by atoms with Crippen molar-refractivity contribution in [2.24, 2.45) is 22.1 Å². The molecule has 1 unspecified atom stereocenters. The van der Waals surface area contributed by atoms with Crippen molar-refractivity contribution in [2.75, 3.05) is 6.26 Å².